The average Bonchev–Trinajstić information content (AvgIpc) is 2.36. The fourth-order valence-corrected chi connectivity index (χ4v) is 2.21. The molecule has 1 fully saturated rings. The van der Waals surface area contributed by atoms with Crippen molar-refractivity contribution in [2.75, 3.05) is 20.2 Å². The molecule has 18 heavy (non-hydrogen) atoms. The number of esters is 1. The molecule has 0 saturated carbocycles. The summed E-state index contributed by atoms with van der Waals surface area (Å²) >= 11 is 0. The monoisotopic (exact) mass is 256 g/mol. The summed E-state index contributed by atoms with van der Waals surface area (Å²) in [6, 6.07) is -0.538. The molecular weight excluding hydrogens is 232 g/mol. The Kier molecular flexibility index (Phi) is 6.12. The fourth-order valence-electron chi connectivity index (χ4n) is 2.21. The number of amides is 1. The summed E-state index contributed by atoms with van der Waals surface area (Å²) < 4.78 is 4.70. The van der Waals surface area contributed by atoms with Gasteiger partial charge in [0.1, 0.15) is 6.04 Å². The lowest BCUT2D eigenvalue weighted by Gasteiger charge is -2.24. The first-order valence-corrected chi connectivity index (χ1v) is 6.62. The normalized spacial score (nSPS) is 18.4. The van der Waals surface area contributed by atoms with Crippen LogP contribution < -0.4 is 10.6 Å². The van der Waals surface area contributed by atoms with Gasteiger partial charge in [-0.05, 0) is 37.8 Å². The van der Waals surface area contributed by atoms with Crippen LogP contribution in [0, 0.1) is 11.8 Å². The van der Waals surface area contributed by atoms with Gasteiger partial charge in [0.2, 0.25) is 5.91 Å². The molecule has 104 valence electrons. The van der Waals surface area contributed by atoms with Crippen LogP contribution in [0.4, 0.5) is 0 Å². The zero-order valence-corrected chi connectivity index (χ0v) is 11.5. The van der Waals surface area contributed by atoms with E-state index in [1.54, 1.807) is 0 Å². The van der Waals surface area contributed by atoms with Crippen molar-refractivity contribution < 1.29 is 14.3 Å². The number of hydrogen-bond donors (Lipinski definition) is 2. The molecule has 1 saturated heterocycles. The van der Waals surface area contributed by atoms with Gasteiger partial charge in [0.05, 0.1) is 7.11 Å². The minimum absolute atomic E-state index is 0.0365. The molecule has 0 aromatic heterocycles. The molecular formula is C13H24N2O3. The van der Waals surface area contributed by atoms with E-state index in [0.29, 0.717) is 12.3 Å². The van der Waals surface area contributed by atoms with Crippen molar-refractivity contribution in [3.63, 3.8) is 0 Å². The summed E-state index contributed by atoms with van der Waals surface area (Å²) in [5.41, 5.74) is 0. The van der Waals surface area contributed by atoms with Gasteiger partial charge in [-0.15, -0.1) is 0 Å². The van der Waals surface area contributed by atoms with Crippen LogP contribution in [0.5, 0.6) is 0 Å². The minimum atomic E-state index is -0.538. The standard InChI is InChI=1S/C13H24N2O3/c1-9(2)12(13(17)18-3)15-11(16)8-10-4-6-14-7-5-10/h9-10,12,14H,4-8H2,1-3H3,(H,15,16). The van der Waals surface area contributed by atoms with E-state index in [2.05, 4.69) is 10.6 Å². The predicted molar refractivity (Wildman–Crippen MR) is 69.0 cm³/mol. The van der Waals surface area contributed by atoms with E-state index < -0.39 is 6.04 Å². The van der Waals surface area contributed by atoms with Crippen LogP contribution in [-0.4, -0.2) is 38.1 Å². The Hall–Kier alpha value is -1.10. The van der Waals surface area contributed by atoms with Gasteiger partial charge in [-0.1, -0.05) is 13.8 Å². The van der Waals surface area contributed by atoms with Crippen molar-refractivity contribution in [3.8, 4) is 0 Å². The maximum Gasteiger partial charge on any atom is 0.328 e. The molecule has 1 atom stereocenters. The molecule has 5 nitrogen and oxygen atoms in total. The molecule has 0 bridgehead atoms. The highest BCUT2D eigenvalue weighted by atomic mass is 16.5. The molecule has 0 spiro atoms. The lowest BCUT2D eigenvalue weighted by molar-refractivity contribution is -0.146. The molecule has 2 N–H and O–H groups in total. The first-order chi connectivity index (χ1) is 8.54. The number of rotatable bonds is 5. The molecule has 1 amide bonds. The van der Waals surface area contributed by atoms with E-state index in [1.807, 2.05) is 13.8 Å². The van der Waals surface area contributed by atoms with Gasteiger partial charge >= 0.3 is 5.97 Å². The van der Waals surface area contributed by atoms with Gasteiger partial charge in [0.25, 0.3) is 0 Å². The molecule has 1 aliphatic heterocycles. The van der Waals surface area contributed by atoms with Crippen LogP contribution in [-0.2, 0) is 14.3 Å². The maximum atomic E-state index is 11.9. The summed E-state index contributed by atoms with van der Waals surface area (Å²) in [5.74, 6) is 0.0424. The number of nitrogens with one attached hydrogen (secondary N) is 2. The molecule has 0 aromatic carbocycles. The van der Waals surface area contributed by atoms with Crippen LogP contribution >= 0.6 is 0 Å². The fraction of sp³-hybridized carbons (Fsp3) is 0.846. The van der Waals surface area contributed by atoms with Crippen LogP contribution in [0.25, 0.3) is 0 Å². The Morgan fingerprint density at radius 1 is 1.33 bits per heavy atom. The third-order valence-electron chi connectivity index (χ3n) is 3.37. The lowest BCUT2D eigenvalue weighted by atomic mass is 9.94. The van der Waals surface area contributed by atoms with Crippen molar-refractivity contribution in [2.45, 2.75) is 39.2 Å². The molecule has 1 unspecified atom stereocenters. The van der Waals surface area contributed by atoms with Gasteiger partial charge in [0, 0.05) is 6.42 Å². The maximum absolute atomic E-state index is 11.9. The smallest absolute Gasteiger partial charge is 0.328 e. The second kappa shape index (κ2) is 7.36. The van der Waals surface area contributed by atoms with E-state index in [-0.39, 0.29) is 17.8 Å². The first kappa shape index (κ1) is 15.0. The third kappa shape index (κ3) is 4.64. The summed E-state index contributed by atoms with van der Waals surface area (Å²) in [6.07, 6.45) is 2.55. The van der Waals surface area contributed by atoms with Gasteiger partial charge in [0.15, 0.2) is 0 Å². The molecule has 5 heteroatoms. The van der Waals surface area contributed by atoms with Crippen molar-refractivity contribution in [1.82, 2.24) is 10.6 Å². The van der Waals surface area contributed by atoms with Crippen LogP contribution in [0.15, 0.2) is 0 Å². The van der Waals surface area contributed by atoms with E-state index in [9.17, 15) is 9.59 Å². The Morgan fingerprint density at radius 3 is 2.44 bits per heavy atom. The zero-order valence-electron chi connectivity index (χ0n) is 11.5. The van der Waals surface area contributed by atoms with E-state index in [4.69, 9.17) is 4.74 Å². The van der Waals surface area contributed by atoms with Crippen LogP contribution in [0.2, 0.25) is 0 Å². The Balaban J connectivity index is 2.42. The first-order valence-electron chi connectivity index (χ1n) is 6.62. The highest BCUT2D eigenvalue weighted by Gasteiger charge is 2.26. The van der Waals surface area contributed by atoms with E-state index in [0.717, 1.165) is 25.9 Å². The molecule has 1 heterocycles. The average molecular weight is 256 g/mol. The molecule has 1 rings (SSSR count). The summed E-state index contributed by atoms with van der Waals surface area (Å²) in [5, 5.41) is 6.05. The van der Waals surface area contributed by atoms with Crippen LogP contribution in [0.1, 0.15) is 33.1 Å². The second-order valence-corrected chi connectivity index (χ2v) is 5.21. The Labute approximate surface area is 109 Å². The van der Waals surface area contributed by atoms with Gasteiger partial charge in [-0.3, -0.25) is 4.79 Å². The number of ether oxygens (including phenoxy) is 1. The number of piperidine rings is 1. The van der Waals surface area contributed by atoms with Gasteiger partial charge in [-0.2, -0.15) is 0 Å². The van der Waals surface area contributed by atoms with Gasteiger partial charge < -0.3 is 15.4 Å². The quantitative estimate of drug-likeness (QED) is 0.710. The second-order valence-electron chi connectivity index (χ2n) is 5.21. The van der Waals surface area contributed by atoms with Crippen molar-refractivity contribution in [1.29, 1.82) is 0 Å². The predicted octanol–water partition coefficient (Wildman–Crippen LogP) is 0.690. The largest absolute Gasteiger partial charge is 0.467 e. The summed E-state index contributed by atoms with van der Waals surface area (Å²) in [7, 11) is 1.34. The Bertz CT molecular complexity index is 286. The van der Waals surface area contributed by atoms with Crippen molar-refractivity contribution in [2.24, 2.45) is 11.8 Å². The minimum Gasteiger partial charge on any atom is -0.467 e. The van der Waals surface area contributed by atoms with Crippen molar-refractivity contribution >= 4 is 11.9 Å². The summed E-state index contributed by atoms with van der Waals surface area (Å²) in [6.45, 7) is 5.74. The summed E-state index contributed by atoms with van der Waals surface area (Å²) in [4.78, 5) is 23.4. The number of carbonyl (C=O) groups is 2. The molecule has 0 aromatic rings. The molecule has 0 radical (unpaired) electrons. The zero-order chi connectivity index (χ0) is 13.5. The molecule has 0 aliphatic carbocycles. The van der Waals surface area contributed by atoms with E-state index >= 15 is 0 Å². The SMILES string of the molecule is COC(=O)C(NC(=O)CC1CCNCC1)C(C)C. The van der Waals surface area contributed by atoms with E-state index in [1.165, 1.54) is 7.11 Å². The highest BCUT2D eigenvalue weighted by molar-refractivity contribution is 5.84. The number of carbonyl (C=O) groups excluding carboxylic acids is 2. The number of hydrogen-bond acceptors (Lipinski definition) is 4. The number of methoxy groups -OCH3 is 1. The Morgan fingerprint density at radius 2 is 1.94 bits per heavy atom. The molecule has 1 aliphatic rings. The van der Waals surface area contributed by atoms with Gasteiger partial charge in [-0.25, -0.2) is 4.79 Å². The van der Waals surface area contributed by atoms with Crippen LogP contribution in [0.3, 0.4) is 0 Å². The highest BCUT2D eigenvalue weighted by Crippen LogP contribution is 2.16. The topological polar surface area (TPSA) is 67.4 Å². The third-order valence-corrected chi connectivity index (χ3v) is 3.37. The lowest BCUT2D eigenvalue weighted by Crippen LogP contribution is -2.45. The van der Waals surface area contributed by atoms with Crippen molar-refractivity contribution in [3.05, 3.63) is 0 Å².